The Morgan fingerprint density at radius 3 is 2.14 bits per heavy atom. The predicted octanol–water partition coefficient (Wildman–Crippen LogP) is 7.38. The van der Waals surface area contributed by atoms with E-state index in [2.05, 4.69) is 121 Å². The van der Waals surface area contributed by atoms with Crippen molar-refractivity contribution in [1.29, 1.82) is 0 Å². The second-order valence-electron chi connectivity index (χ2n) is 6.48. The van der Waals surface area contributed by atoms with Crippen LogP contribution >= 0.6 is 11.6 Å². The van der Waals surface area contributed by atoms with Crippen molar-refractivity contribution in [1.82, 2.24) is 4.57 Å². The number of halogens is 1. The molecule has 140 valence electrons. The second-order valence-corrected chi connectivity index (χ2v) is 6.48. The Balaban J connectivity index is 0.000000239. The van der Waals surface area contributed by atoms with Gasteiger partial charge in [-0.2, -0.15) is 17.2 Å². The fraction of sp³-hybridized carbons (Fsp3) is 0.120. The van der Waals surface area contributed by atoms with E-state index in [0.717, 1.165) is 0 Å². The van der Waals surface area contributed by atoms with Gasteiger partial charge in [-0.1, -0.05) is 38.1 Å². The molecule has 0 aliphatic carbocycles. The Kier molecular flexibility index (Phi) is 8.48. The molecular formula is C25H24ClNZr. The van der Waals surface area contributed by atoms with E-state index in [4.69, 9.17) is 0 Å². The molecule has 0 bridgehead atoms. The van der Waals surface area contributed by atoms with Crippen LogP contribution in [0.25, 0.3) is 27.4 Å². The third-order valence-corrected chi connectivity index (χ3v) is 4.79. The van der Waals surface area contributed by atoms with Gasteiger partial charge in [0.1, 0.15) is 0 Å². The number of fused-ring (bicyclic) bond motifs is 2. The van der Waals surface area contributed by atoms with E-state index < -0.39 is 0 Å². The summed E-state index contributed by atoms with van der Waals surface area (Å²) in [5, 5.41) is 3.87. The van der Waals surface area contributed by atoms with Crippen molar-refractivity contribution in [3.05, 3.63) is 102 Å². The van der Waals surface area contributed by atoms with Gasteiger partial charge in [0.2, 0.25) is 0 Å². The van der Waals surface area contributed by atoms with E-state index in [1.807, 2.05) is 0 Å². The van der Waals surface area contributed by atoms with Crippen LogP contribution in [0.4, 0.5) is 0 Å². The Labute approximate surface area is 191 Å². The van der Waals surface area contributed by atoms with Crippen LogP contribution in [-0.2, 0) is 26.2 Å². The number of aromatic nitrogens is 1. The molecule has 0 N–H and O–H groups in total. The molecule has 0 unspecified atom stereocenters. The summed E-state index contributed by atoms with van der Waals surface area (Å²) in [6.45, 7) is 4.24. The molecular weight excluding hydrogens is 441 g/mol. The van der Waals surface area contributed by atoms with E-state index in [-0.39, 0.29) is 26.2 Å². The van der Waals surface area contributed by atoms with Crippen molar-refractivity contribution in [2.45, 2.75) is 13.8 Å². The first kappa shape index (κ1) is 22.4. The number of hydrogen-bond acceptors (Lipinski definition) is 0. The fourth-order valence-electron chi connectivity index (χ4n) is 3.18. The fourth-order valence-corrected chi connectivity index (χ4v) is 3.18. The summed E-state index contributed by atoms with van der Waals surface area (Å²) in [4.78, 5) is 0. The van der Waals surface area contributed by atoms with Crippen molar-refractivity contribution < 1.29 is 26.2 Å². The average Bonchev–Trinajstić information content (AvgIpc) is 3.42. The third-order valence-electron chi connectivity index (χ3n) is 4.79. The third kappa shape index (κ3) is 4.93. The first-order valence-electron chi connectivity index (χ1n) is 9.01. The van der Waals surface area contributed by atoms with Crippen LogP contribution < -0.4 is 0 Å². The first-order valence-corrected chi connectivity index (χ1v) is 9.76. The number of nitrogens with zero attached hydrogens (tertiary/aromatic N) is 1. The van der Waals surface area contributed by atoms with Gasteiger partial charge in [0.25, 0.3) is 0 Å². The smallest absolute Gasteiger partial charge is 0.335 e. The summed E-state index contributed by atoms with van der Waals surface area (Å²) in [6, 6.07) is 29.9. The summed E-state index contributed by atoms with van der Waals surface area (Å²) < 4.78 is 2.25. The maximum Gasteiger partial charge on any atom is 2.00 e. The molecule has 3 heteroatoms. The van der Waals surface area contributed by atoms with Gasteiger partial charge < -0.3 is 4.57 Å². The molecule has 0 aliphatic rings. The van der Waals surface area contributed by atoms with Crippen molar-refractivity contribution >= 4 is 33.3 Å². The number of rotatable bonds is 1. The summed E-state index contributed by atoms with van der Waals surface area (Å²) >= 11 is 4.64. The molecule has 0 amide bonds. The van der Waals surface area contributed by atoms with E-state index in [9.17, 15) is 0 Å². The monoisotopic (exact) mass is 463 g/mol. The van der Waals surface area contributed by atoms with Gasteiger partial charge in [-0.3, -0.25) is 0 Å². The number of alkyl halides is 1. The van der Waals surface area contributed by atoms with Gasteiger partial charge in [-0.05, 0) is 23.2 Å². The van der Waals surface area contributed by atoms with Crippen LogP contribution in [0.3, 0.4) is 0 Å². The van der Waals surface area contributed by atoms with Crippen LogP contribution in [0.2, 0.25) is 0 Å². The van der Waals surface area contributed by atoms with Crippen molar-refractivity contribution in [3.8, 4) is 5.69 Å². The largest absolute Gasteiger partial charge is 2.00 e. The Hall–Kier alpha value is -1.89. The molecule has 1 aromatic heterocycles. The minimum atomic E-state index is 0. The second kappa shape index (κ2) is 10.6. The van der Waals surface area contributed by atoms with Crippen LogP contribution in [0.5, 0.6) is 0 Å². The summed E-state index contributed by atoms with van der Waals surface area (Å²) in [5.41, 5.74) is 5.27. The molecule has 0 radical (unpaired) electrons. The van der Waals surface area contributed by atoms with Crippen molar-refractivity contribution in [3.63, 3.8) is 0 Å². The molecule has 28 heavy (non-hydrogen) atoms. The molecule has 5 aromatic rings. The van der Waals surface area contributed by atoms with Crippen LogP contribution in [0, 0.1) is 13.8 Å². The Morgan fingerprint density at radius 1 is 0.857 bits per heavy atom. The Bertz CT molecular complexity index is 1080. The molecule has 4 aromatic carbocycles. The minimum Gasteiger partial charge on any atom is -0.335 e. The number of benzene rings is 2. The van der Waals surface area contributed by atoms with Crippen LogP contribution in [0.1, 0.15) is 11.1 Å². The maximum absolute atomic E-state index is 4.64. The average molecular weight is 465 g/mol. The molecule has 0 aliphatic heterocycles. The number of hydrogen-bond donors (Lipinski definition) is 0. The van der Waals surface area contributed by atoms with E-state index >= 15 is 0 Å². The van der Waals surface area contributed by atoms with Crippen LogP contribution in [-0.4, -0.2) is 11.0 Å². The topological polar surface area (TPSA) is 4.93 Å². The molecule has 0 atom stereocenters. The normalized spacial score (nSPS) is 9.86. The summed E-state index contributed by atoms with van der Waals surface area (Å²) in [6.07, 6.45) is 3.61. The molecule has 5 rings (SSSR count). The standard InChI is InChI=1S/C17H12N.C7H9.CH3Cl.Zr/c1-2-7-15-12-16(11-14(15)6-1)18-10-9-13-5-3-4-8-17(13)18;1-6-4-3-5-7(6)2;1-2;/h1-12H;3-5H,1-2H3;1H3;/q2*-1;;+2. The Morgan fingerprint density at radius 2 is 1.54 bits per heavy atom. The zero-order valence-corrected chi connectivity index (χ0v) is 19.7. The summed E-state index contributed by atoms with van der Waals surface area (Å²) in [5.74, 6) is 0. The van der Waals surface area contributed by atoms with Gasteiger partial charge >= 0.3 is 26.2 Å². The van der Waals surface area contributed by atoms with Crippen molar-refractivity contribution in [2.24, 2.45) is 0 Å². The molecule has 1 nitrogen and oxygen atoms in total. The van der Waals surface area contributed by atoms with Gasteiger partial charge in [0, 0.05) is 12.6 Å². The zero-order chi connectivity index (χ0) is 19.2. The zero-order valence-electron chi connectivity index (χ0n) is 16.5. The quantitative estimate of drug-likeness (QED) is 0.180. The van der Waals surface area contributed by atoms with Gasteiger partial charge in [-0.15, -0.1) is 52.7 Å². The van der Waals surface area contributed by atoms with Crippen molar-refractivity contribution in [2.75, 3.05) is 6.38 Å². The maximum atomic E-state index is 4.64. The molecule has 1 heterocycles. The molecule has 0 saturated heterocycles. The first-order chi connectivity index (χ1) is 13.2. The number of aryl methyl sites for hydroxylation is 2. The van der Waals surface area contributed by atoms with E-state index in [0.29, 0.717) is 0 Å². The molecule has 0 spiro atoms. The van der Waals surface area contributed by atoms with Gasteiger partial charge in [0.05, 0.1) is 5.52 Å². The SMILES string of the molecule is CCl.Cc1ccc[c-]1C.[Zr+2].c1ccc2[cH-]c(-n3ccc4ccccc43)cc2c1. The predicted molar refractivity (Wildman–Crippen MR) is 120 cm³/mol. The van der Waals surface area contributed by atoms with Crippen LogP contribution in [0.15, 0.2) is 91.1 Å². The number of para-hydroxylation sites is 1. The van der Waals surface area contributed by atoms with E-state index in [1.54, 1.807) is 0 Å². The summed E-state index contributed by atoms with van der Waals surface area (Å²) in [7, 11) is 0. The minimum absolute atomic E-state index is 0. The molecule has 0 fully saturated rings. The van der Waals surface area contributed by atoms with E-state index in [1.165, 1.54) is 44.9 Å². The van der Waals surface area contributed by atoms with Gasteiger partial charge in [-0.25, -0.2) is 12.1 Å². The molecule has 0 saturated carbocycles. The van der Waals surface area contributed by atoms with Gasteiger partial charge in [0.15, 0.2) is 0 Å².